The molecule has 2 aliphatic heterocycles. The highest BCUT2D eigenvalue weighted by atomic mass is 19.4. The van der Waals surface area contributed by atoms with Crippen LogP contribution in [0.1, 0.15) is 16.7 Å². The Hall–Kier alpha value is -4.04. The largest absolute Gasteiger partial charge is 0.473 e. The van der Waals surface area contributed by atoms with E-state index in [1.165, 1.54) is 24.3 Å². The molecule has 3 heterocycles. The minimum atomic E-state index is -4.50. The average Bonchev–Trinajstić information content (AvgIpc) is 3.22. The molecule has 2 aliphatic rings. The number of rotatable bonds is 5. The molecule has 11 heteroatoms. The number of hydrogen-bond donors (Lipinski definition) is 0. The quantitative estimate of drug-likeness (QED) is 0.545. The van der Waals surface area contributed by atoms with Crippen molar-refractivity contribution >= 4 is 5.82 Å². The predicted octanol–water partition coefficient (Wildman–Crippen LogP) is 3.72. The van der Waals surface area contributed by atoms with Crippen molar-refractivity contribution in [3.8, 4) is 23.4 Å². The van der Waals surface area contributed by atoms with Gasteiger partial charge < -0.3 is 19.1 Å². The van der Waals surface area contributed by atoms with E-state index < -0.39 is 17.4 Å². The molecule has 0 aliphatic carbocycles. The number of nitrogens with zero attached hydrogens (tertiary/aromatic N) is 4. The Kier molecular flexibility index (Phi) is 5.82. The molecule has 0 amide bonds. The fourth-order valence-corrected chi connectivity index (χ4v) is 4.14. The van der Waals surface area contributed by atoms with Crippen molar-refractivity contribution in [1.29, 1.82) is 5.26 Å². The topological polar surface area (TPSA) is 89.6 Å². The molecule has 5 rings (SSSR count). The van der Waals surface area contributed by atoms with E-state index in [4.69, 9.17) is 14.2 Å². The van der Waals surface area contributed by atoms with Crippen LogP contribution in [0.2, 0.25) is 0 Å². The van der Waals surface area contributed by atoms with Crippen LogP contribution in [-0.2, 0) is 24.1 Å². The Morgan fingerprint density at radius 2 is 2.06 bits per heavy atom. The van der Waals surface area contributed by atoms with Crippen molar-refractivity contribution < 1.29 is 27.4 Å². The number of anilines is 1. The lowest BCUT2D eigenvalue weighted by molar-refractivity contribution is -0.137. The molecule has 1 aromatic heterocycles. The van der Waals surface area contributed by atoms with Crippen LogP contribution in [0, 0.1) is 11.3 Å². The Morgan fingerprint density at radius 1 is 1.20 bits per heavy atom. The fourth-order valence-electron chi connectivity index (χ4n) is 4.14. The monoisotopic (exact) mass is 484 g/mol. The first-order chi connectivity index (χ1) is 16.8. The number of hydrogen-bond acceptors (Lipinski definition) is 7. The molecule has 0 bridgehead atoms. The second-order valence-electron chi connectivity index (χ2n) is 8.13. The zero-order valence-corrected chi connectivity index (χ0v) is 18.3. The van der Waals surface area contributed by atoms with Crippen LogP contribution >= 0.6 is 0 Å². The number of nitriles is 1. The van der Waals surface area contributed by atoms with Gasteiger partial charge in [-0.2, -0.15) is 23.4 Å². The third kappa shape index (κ3) is 4.65. The van der Waals surface area contributed by atoms with Crippen LogP contribution in [0.3, 0.4) is 0 Å². The molecule has 2 aromatic carbocycles. The maximum absolute atomic E-state index is 13.0. The molecule has 0 spiro atoms. The summed E-state index contributed by atoms with van der Waals surface area (Å²) >= 11 is 0. The van der Waals surface area contributed by atoms with Crippen LogP contribution < -0.4 is 20.1 Å². The standard InChI is InChI=1S/C24H19F3N4O4/c25-24(26,27)17-2-1-3-19(9-17)35-20-5-4-15(8-16(20)11-28)13-34-21-10-22-30-6-7-33-14-18(30)12-31(22)23(32)29-21/h1-5,8-10,18H,6-7,12-14H2. The molecule has 3 aromatic rings. The van der Waals surface area contributed by atoms with Crippen molar-refractivity contribution in [2.75, 3.05) is 24.7 Å². The van der Waals surface area contributed by atoms with Crippen molar-refractivity contribution in [2.24, 2.45) is 0 Å². The highest BCUT2D eigenvalue weighted by Gasteiger charge is 2.33. The molecule has 35 heavy (non-hydrogen) atoms. The molecular weight excluding hydrogens is 465 g/mol. The zero-order valence-electron chi connectivity index (χ0n) is 18.3. The third-order valence-electron chi connectivity index (χ3n) is 5.82. The first kappa shape index (κ1) is 22.7. The van der Waals surface area contributed by atoms with Crippen LogP contribution in [0.15, 0.2) is 53.3 Å². The molecule has 1 saturated heterocycles. The van der Waals surface area contributed by atoms with E-state index in [0.717, 1.165) is 18.0 Å². The lowest BCUT2D eigenvalue weighted by atomic mass is 10.1. The second-order valence-corrected chi connectivity index (χ2v) is 8.13. The first-order valence-electron chi connectivity index (χ1n) is 10.8. The Labute approximate surface area is 197 Å². The summed E-state index contributed by atoms with van der Waals surface area (Å²) in [5, 5.41) is 9.52. The van der Waals surface area contributed by atoms with Gasteiger partial charge in [0.05, 0.1) is 36.9 Å². The number of alkyl halides is 3. The summed E-state index contributed by atoms with van der Waals surface area (Å²) in [5.41, 5.74) is -0.527. The number of halogens is 3. The highest BCUT2D eigenvalue weighted by molar-refractivity contribution is 5.49. The molecule has 1 fully saturated rings. The number of fused-ring (bicyclic) bond motifs is 3. The smallest absolute Gasteiger partial charge is 0.416 e. The maximum atomic E-state index is 13.0. The Balaban J connectivity index is 1.31. The fraction of sp³-hybridized carbons (Fsp3) is 0.292. The van der Waals surface area contributed by atoms with E-state index in [0.29, 0.717) is 31.9 Å². The van der Waals surface area contributed by atoms with E-state index in [1.54, 1.807) is 16.7 Å². The number of ether oxygens (including phenoxy) is 3. The van der Waals surface area contributed by atoms with Gasteiger partial charge in [-0.1, -0.05) is 12.1 Å². The van der Waals surface area contributed by atoms with Crippen LogP contribution in [0.4, 0.5) is 19.0 Å². The normalized spacial score (nSPS) is 16.9. The summed E-state index contributed by atoms with van der Waals surface area (Å²) in [5.74, 6) is 0.972. The third-order valence-corrected chi connectivity index (χ3v) is 5.82. The van der Waals surface area contributed by atoms with Crippen molar-refractivity contribution in [3.05, 3.63) is 75.7 Å². The summed E-state index contributed by atoms with van der Waals surface area (Å²) in [7, 11) is 0. The molecule has 1 unspecified atom stereocenters. The average molecular weight is 484 g/mol. The summed E-state index contributed by atoms with van der Waals surface area (Å²) in [6.45, 7) is 2.34. The zero-order chi connectivity index (χ0) is 24.6. The minimum Gasteiger partial charge on any atom is -0.473 e. The molecule has 8 nitrogen and oxygen atoms in total. The summed E-state index contributed by atoms with van der Waals surface area (Å²) in [6, 6.07) is 12.8. The van der Waals surface area contributed by atoms with E-state index in [2.05, 4.69) is 9.88 Å². The first-order valence-corrected chi connectivity index (χ1v) is 10.8. The molecule has 180 valence electrons. The van der Waals surface area contributed by atoms with Gasteiger partial charge >= 0.3 is 11.9 Å². The van der Waals surface area contributed by atoms with Gasteiger partial charge in [-0.3, -0.25) is 4.57 Å². The molecular formula is C24H19F3N4O4. The van der Waals surface area contributed by atoms with Crippen molar-refractivity contribution in [1.82, 2.24) is 9.55 Å². The van der Waals surface area contributed by atoms with Gasteiger partial charge in [0.15, 0.2) is 0 Å². The molecule has 1 atom stereocenters. The lowest BCUT2D eigenvalue weighted by Gasteiger charge is -2.30. The van der Waals surface area contributed by atoms with E-state index in [1.807, 2.05) is 6.07 Å². The van der Waals surface area contributed by atoms with Crippen molar-refractivity contribution in [2.45, 2.75) is 25.4 Å². The summed E-state index contributed by atoms with van der Waals surface area (Å²) < 4.78 is 57.2. The van der Waals surface area contributed by atoms with E-state index in [9.17, 15) is 23.2 Å². The van der Waals surface area contributed by atoms with Gasteiger partial charge in [-0.05, 0) is 35.9 Å². The van der Waals surface area contributed by atoms with Crippen LogP contribution in [0.5, 0.6) is 17.4 Å². The van der Waals surface area contributed by atoms with E-state index >= 15 is 0 Å². The van der Waals surface area contributed by atoms with Crippen LogP contribution in [-0.4, -0.2) is 35.4 Å². The van der Waals surface area contributed by atoms with Gasteiger partial charge in [0, 0.05) is 12.6 Å². The summed E-state index contributed by atoms with van der Waals surface area (Å²) in [4.78, 5) is 18.6. The number of aromatic nitrogens is 2. The van der Waals surface area contributed by atoms with Crippen LogP contribution in [0.25, 0.3) is 0 Å². The molecule has 0 N–H and O–H groups in total. The Morgan fingerprint density at radius 3 is 2.86 bits per heavy atom. The maximum Gasteiger partial charge on any atom is 0.416 e. The molecule has 0 radical (unpaired) electrons. The van der Waals surface area contributed by atoms with Gasteiger partial charge in [0.2, 0.25) is 5.88 Å². The highest BCUT2D eigenvalue weighted by Crippen LogP contribution is 2.34. The predicted molar refractivity (Wildman–Crippen MR) is 117 cm³/mol. The van der Waals surface area contributed by atoms with Gasteiger partial charge in [-0.15, -0.1) is 0 Å². The van der Waals surface area contributed by atoms with Gasteiger partial charge in [0.1, 0.15) is 30.0 Å². The lowest BCUT2D eigenvalue weighted by Crippen LogP contribution is -2.43. The Bertz CT molecular complexity index is 1370. The number of benzene rings is 2. The number of morpholine rings is 1. The van der Waals surface area contributed by atoms with E-state index in [-0.39, 0.29) is 35.6 Å². The van der Waals surface area contributed by atoms with Gasteiger partial charge in [-0.25, -0.2) is 4.79 Å². The molecule has 0 saturated carbocycles. The summed E-state index contributed by atoms with van der Waals surface area (Å²) in [6.07, 6.45) is -4.50. The van der Waals surface area contributed by atoms with Crippen molar-refractivity contribution in [3.63, 3.8) is 0 Å². The van der Waals surface area contributed by atoms with Gasteiger partial charge in [0.25, 0.3) is 0 Å². The minimum absolute atomic E-state index is 0.0287. The second kappa shape index (κ2) is 8.96. The SMILES string of the molecule is N#Cc1cc(COc2cc3n(c(=O)n2)CC2COCCN32)ccc1Oc1cccc(C(F)(F)F)c1.